The van der Waals surface area contributed by atoms with Crippen molar-refractivity contribution in [3.63, 3.8) is 0 Å². The molecular weight excluding hydrogens is 338 g/mol. The summed E-state index contributed by atoms with van der Waals surface area (Å²) in [7, 11) is 0. The van der Waals surface area contributed by atoms with E-state index in [1.807, 2.05) is 25.3 Å². The van der Waals surface area contributed by atoms with Gasteiger partial charge in [0.15, 0.2) is 5.13 Å². The average molecular weight is 350 g/mol. The molecule has 2 aromatic heterocycles. The van der Waals surface area contributed by atoms with Crippen LogP contribution in [0.25, 0.3) is 11.3 Å². The molecule has 0 saturated heterocycles. The number of hydrogen-bond donors (Lipinski definition) is 1. The summed E-state index contributed by atoms with van der Waals surface area (Å²) >= 11 is 2.91. The van der Waals surface area contributed by atoms with Crippen LogP contribution in [-0.2, 0) is 0 Å². The number of nitrogens with one attached hydrogen (secondary N) is 1. The highest BCUT2D eigenvalue weighted by atomic mass is 32.1. The molecular formula is C16H12F2N2OS2. The Kier molecular flexibility index (Phi) is 4.23. The number of aryl methyl sites for hydroxylation is 2. The average Bonchev–Trinajstić information content (AvgIpc) is 3.07. The molecule has 7 heteroatoms. The SMILES string of the molecule is Cc1cc(-c2csc(NC(=O)c3cc(F)ccc3F)n2)c(C)s1. The van der Waals surface area contributed by atoms with Crippen LogP contribution in [0.1, 0.15) is 20.1 Å². The molecule has 0 aliphatic rings. The number of anilines is 1. The number of rotatable bonds is 3. The van der Waals surface area contributed by atoms with Crippen LogP contribution in [0.4, 0.5) is 13.9 Å². The molecule has 3 rings (SSSR count). The summed E-state index contributed by atoms with van der Waals surface area (Å²) < 4.78 is 26.8. The lowest BCUT2D eigenvalue weighted by Gasteiger charge is -2.03. The van der Waals surface area contributed by atoms with Crippen LogP contribution in [-0.4, -0.2) is 10.9 Å². The zero-order valence-electron chi connectivity index (χ0n) is 12.3. The third kappa shape index (κ3) is 3.30. The molecule has 118 valence electrons. The molecule has 0 saturated carbocycles. The fourth-order valence-electron chi connectivity index (χ4n) is 2.18. The summed E-state index contributed by atoms with van der Waals surface area (Å²) in [6, 6.07) is 4.79. The second-order valence-electron chi connectivity index (χ2n) is 4.94. The number of halogens is 2. The van der Waals surface area contributed by atoms with E-state index in [4.69, 9.17) is 0 Å². The maximum atomic E-state index is 13.6. The number of hydrogen-bond acceptors (Lipinski definition) is 4. The Bertz CT molecular complexity index is 886. The third-order valence-electron chi connectivity index (χ3n) is 3.21. The summed E-state index contributed by atoms with van der Waals surface area (Å²) in [5, 5.41) is 4.68. The molecule has 1 N–H and O–H groups in total. The molecule has 0 bridgehead atoms. The molecule has 2 heterocycles. The minimum atomic E-state index is -0.773. The van der Waals surface area contributed by atoms with Gasteiger partial charge >= 0.3 is 0 Å². The molecule has 3 aromatic rings. The first-order valence-corrected chi connectivity index (χ1v) is 8.43. The lowest BCUT2D eigenvalue weighted by Crippen LogP contribution is -2.13. The maximum Gasteiger partial charge on any atom is 0.260 e. The Balaban J connectivity index is 1.83. The number of amides is 1. The minimum Gasteiger partial charge on any atom is -0.298 e. The van der Waals surface area contributed by atoms with Crippen molar-refractivity contribution in [3.05, 3.63) is 56.6 Å². The van der Waals surface area contributed by atoms with Crippen molar-refractivity contribution in [2.75, 3.05) is 5.32 Å². The van der Waals surface area contributed by atoms with Crippen LogP contribution in [0.2, 0.25) is 0 Å². The van der Waals surface area contributed by atoms with Crippen molar-refractivity contribution in [1.29, 1.82) is 0 Å². The highest BCUT2D eigenvalue weighted by molar-refractivity contribution is 7.14. The van der Waals surface area contributed by atoms with E-state index in [9.17, 15) is 13.6 Å². The predicted octanol–water partition coefficient (Wildman–Crippen LogP) is 5.02. The van der Waals surface area contributed by atoms with Gasteiger partial charge in [0.1, 0.15) is 11.6 Å². The summed E-state index contributed by atoms with van der Waals surface area (Å²) in [6.07, 6.45) is 0. The molecule has 0 spiro atoms. The largest absolute Gasteiger partial charge is 0.298 e. The van der Waals surface area contributed by atoms with E-state index >= 15 is 0 Å². The van der Waals surface area contributed by atoms with E-state index in [0.717, 1.165) is 34.3 Å². The molecule has 0 aliphatic carbocycles. The molecule has 0 fully saturated rings. The highest BCUT2D eigenvalue weighted by Gasteiger charge is 2.16. The number of aromatic nitrogens is 1. The standard InChI is InChI=1S/C16H12F2N2OS2/c1-8-5-11(9(2)23-8)14-7-22-16(19-14)20-15(21)12-6-10(17)3-4-13(12)18/h3-7H,1-2H3,(H,19,20,21). The van der Waals surface area contributed by atoms with Gasteiger partial charge in [-0.15, -0.1) is 22.7 Å². The quantitative estimate of drug-likeness (QED) is 0.721. The number of thiazole rings is 1. The van der Waals surface area contributed by atoms with Crippen molar-refractivity contribution in [2.24, 2.45) is 0 Å². The summed E-state index contributed by atoms with van der Waals surface area (Å²) in [6.45, 7) is 4.02. The van der Waals surface area contributed by atoms with Gasteiger partial charge < -0.3 is 0 Å². The molecule has 3 nitrogen and oxygen atoms in total. The monoisotopic (exact) mass is 350 g/mol. The second-order valence-corrected chi connectivity index (χ2v) is 7.26. The van der Waals surface area contributed by atoms with Crippen LogP contribution in [0, 0.1) is 25.5 Å². The van der Waals surface area contributed by atoms with Crippen molar-refractivity contribution in [2.45, 2.75) is 13.8 Å². The van der Waals surface area contributed by atoms with Gasteiger partial charge in [-0.2, -0.15) is 0 Å². The van der Waals surface area contributed by atoms with Crippen molar-refractivity contribution < 1.29 is 13.6 Å². The number of nitrogens with zero attached hydrogens (tertiary/aromatic N) is 1. The van der Waals surface area contributed by atoms with Gasteiger partial charge in [-0.1, -0.05) is 0 Å². The Labute approximate surface area is 139 Å². The van der Waals surface area contributed by atoms with Crippen LogP contribution in [0.5, 0.6) is 0 Å². The first-order chi connectivity index (χ1) is 10.9. The number of carbonyl (C=O) groups excluding carboxylic acids is 1. The molecule has 0 aliphatic heterocycles. The van der Waals surface area contributed by atoms with Gasteiger partial charge in [0.05, 0.1) is 11.3 Å². The van der Waals surface area contributed by atoms with E-state index in [-0.39, 0.29) is 5.56 Å². The van der Waals surface area contributed by atoms with Crippen LogP contribution in [0.15, 0.2) is 29.6 Å². The lowest BCUT2D eigenvalue weighted by atomic mass is 10.2. The van der Waals surface area contributed by atoms with Crippen LogP contribution in [0.3, 0.4) is 0 Å². The molecule has 0 radical (unpaired) electrons. The summed E-state index contributed by atoms with van der Waals surface area (Å²) in [4.78, 5) is 18.7. The smallest absolute Gasteiger partial charge is 0.260 e. The summed E-state index contributed by atoms with van der Waals surface area (Å²) in [5.41, 5.74) is 1.43. The van der Waals surface area contributed by atoms with Gasteiger partial charge in [-0.05, 0) is 38.1 Å². The van der Waals surface area contributed by atoms with E-state index < -0.39 is 17.5 Å². The van der Waals surface area contributed by atoms with Gasteiger partial charge in [0, 0.05) is 20.7 Å². The van der Waals surface area contributed by atoms with E-state index in [0.29, 0.717) is 5.13 Å². The minimum absolute atomic E-state index is 0.343. The first kappa shape index (κ1) is 15.8. The lowest BCUT2D eigenvalue weighted by molar-refractivity contribution is 0.102. The van der Waals surface area contributed by atoms with E-state index in [1.54, 1.807) is 11.3 Å². The molecule has 23 heavy (non-hydrogen) atoms. The highest BCUT2D eigenvalue weighted by Crippen LogP contribution is 2.32. The predicted molar refractivity (Wildman–Crippen MR) is 89.2 cm³/mol. The van der Waals surface area contributed by atoms with Gasteiger partial charge in [0.2, 0.25) is 0 Å². The third-order valence-corrected chi connectivity index (χ3v) is 4.94. The molecule has 1 amide bonds. The number of benzene rings is 1. The Morgan fingerprint density at radius 1 is 1.22 bits per heavy atom. The fraction of sp³-hybridized carbons (Fsp3) is 0.125. The topological polar surface area (TPSA) is 42.0 Å². The fourth-order valence-corrected chi connectivity index (χ4v) is 3.81. The molecule has 0 atom stereocenters. The molecule has 0 unspecified atom stereocenters. The zero-order chi connectivity index (χ0) is 16.6. The number of carbonyl (C=O) groups is 1. The Morgan fingerprint density at radius 2 is 2.00 bits per heavy atom. The van der Waals surface area contributed by atoms with E-state index in [1.165, 1.54) is 16.2 Å². The maximum absolute atomic E-state index is 13.6. The van der Waals surface area contributed by atoms with Gasteiger partial charge in [-0.3, -0.25) is 10.1 Å². The van der Waals surface area contributed by atoms with Crippen LogP contribution >= 0.6 is 22.7 Å². The number of thiophene rings is 1. The van der Waals surface area contributed by atoms with E-state index in [2.05, 4.69) is 10.3 Å². The zero-order valence-corrected chi connectivity index (χ0v) is 13.9. The van der Waals surface area contributed by atoms with Gasteiger partial charge in [0.25, 0.3) is 5.91 Å². The Hall–Kier alpha value is -2.12. The second kappa shape index (κ2) is 6.17. The normalized spacial score (nSPS) is 10.8. The van der Waals surface area contributed by atoms with Crippen molar-refractivity contribution in [1.82, 2.24) is 4.98 Å². The first-order valence-electron chi connectivity index (χ1n) is 6.73. The van der Waals surface area contributed by atoms with Crippen molar-refractivity contribution >= 4 is 33.7 Å². The van der Waals surface area contributed by atoms with Crippen LogP contribution < -0.4 is 5.32 Å². The summed E-state index contributed by atoms with van der Waals surface area (Å²) in [5.74, 6) is -2.16. The Morgan fingerprint density at radius 3 is 2.70 bits per heavy atom. The van der Waals surface area contributed by atoms with Gasteiger partial charge in [-0.25, -0.2) is 13.8 Å². The van der Waals surface area contributed by atoms with Crippen molar-refractivity contribution in [3.8, 4) is 11.3 Å². The molecule has 1 aromatic carbocycles.